The third-order valence-corrected chi connectivity index (χ3v) is 4.83. The number of nitrogens with one attached hydrogen (secondary N) is 2. The maximum absolute atomic E-state index is 12.7. The molecule has 2 N–H and O–H groups in total. The molecule has 0 bridgehead atoms. The fraction of sp³-hybridized carbons (Fsp3) is 0.0909. The Labute approximate surface area is 160 Å². The van der Waals surface area contributed by atoms with Crippen LogP contribution in [-0.4, -0.2) is 30.9 Å². The van der Waals surface area contributed by atoms with Crippen molar-refractivity contribution in [2.45, 2.75) is 13.3 Å². The van der Waals surface area contributed by atoms with E-state index in [4.69, 9.17) is 0 Å². The quantitative estimate of drug-likeness (QED) is 0.465. The Kier molecular flexibility index (Phi) is 3.76. The van der Waals surface area contributed by atoms with Gasteiger partial charge in [-0.2, -0.15) is 5.10 Å². The van der Waals surface area contributed by atoms with Crippen molar-refractivity contribution in [2.75, 3.05) is 0 Å². The van der Waals surface area contributed by atoms with Crippen LogP contribution in [0.25, 0.3) is 33.2 Å². The number of fused-ring (bicyclic) bond motifs is 2. The first-order chi connectivity index (χ1) is 13.7. The molecule has 0 aliphatic carbocycles. The average molecular weight is 367 g/mol. The Morgan fingerprint density at radius 3 is 2.71 bits per heavy atom. The summed E-state index contributed by atoms with van der Waals surface area (Å²) in [4.78, 5) is 24.4. The van der Waals surface area contributed by atoms with Gasteiger partial charge in [0.05, 0.1) is 16.6 Å². The Hall–Kier alpha value is -3.80. The summed E-state index contributed by atoms with van der Waals surface area (Å²) in [5, 5.41) is 8.45. The van der Waals surface area contributed by atoms with Gasteiger partial charge in [0, 0.05) is 29.8 Å². The molecule has 0 unspecified atom stereocenters. The number of nitrogens with zero attached hydrogens (tertiary/aromatic N) is 3. The number of imidazole rings is 1. The van der Waals surface area contributed by atoms with E-state index in [0.717, 1.165) is 44.3 Å². The van der Waals surface area contributed by atoms with Crippen LogP contribution in [0.5, 0.6) is 0 Å². The molecule has 5 aromatic rings. The zero-order valence-corrected chi connectivity index (χ0v) is 15.2. The minimum Gasteiger partial charge on any atom is -0.335 e. The molecule has 5 rings (SSSR count). The topological polar surface area (TPSA) is 87.3 Å². The second kappa shape index (κ2) is 6.42. The van der Waals surface area contributed by atoms with Crippen molar-refractivity contribution in [1.82, 2.24) is 25.1 Å². The van der Waals surface area contributed by atoms with Crippen molar-refractivity contribution < 1.29 is 4.79 Å². The molecular weight excluding hydrogens is 350 g/mol. The van der Waals surface area contributed by atoms with Gasteiger partial charge in [0.1, 0.15) is 5.69 Å². The van der Waals surface area contributed by atoms with Crippen LogP contribution < -0.4 is 0 Å². The molecule has 6 nitrogen and oxygen atoms in total. The lowest BCUT2D eigenvalue weighted by Crippen LogP contribution is -2.05. The van der Waals surface area contributed by atoms with E-state index in [1.54, 1.807) is 12.4 Å². The van der Waals surface area contributed by atoms with Gasteiger partial charge in [-0.15, -0.1) is 0 Å². The summed E-state index contributed by atoms with van der Waals surface area (Å²) >= 11 is 0. The SMILES string of the molecule is Cc1cccc(CC(=O)c2nc3cc4c(-c5ccncc5)n[nH]c4cc3[nH]2)c1. The first kappa shape index (κ1) is 16.4. The smallest absolute Gasteiger partial charge is 0.202 e. The molecule has 3 heterocycles. The summed E-state index contributed by atoms with van der Waals surface area (Å²) in [5.74, 6) is 0.348. The summed E-state index contributed by atoms with van der Waals surface area (Å²) in [7, 11) is 0. The maximum atomic E-state index is 12.7. The van der Waals surface area contributed by atoms with Gasteiger partial charge in [-0.3, -0.25) is 14.9 Å². The predicted octanol–water partition coefficient (Wildman–Crippen LogP) is 4.24. The van der Waals surface area contributed by atoms with E-state index in [1.165, 1.54) is 0 Å². The van der Waals surface area contributed by atoms with E-state index in [2.05, 4.69) is 25.1 Å². The normalized spacial score (nSPS) is 11.3. The van der Waals surface area contributed by atoms with E-state index in [-0.39, 0.29) is 5.78 Å². The van der Waals surface area contributed by atoms with Crippen LogP contribution in [0.1, 0.15) is 21.7 Å². The highest BCUT2D eigenvalue weighted by Crippen LogP contribution is 2.29. The summed E-state index contributed by atoms with van der Waals surface area (Å²) in [6.45, 7) is 2.02. The Bertz CT molecular complexity index is 1320. The summed E-state index contributed by atoms with van der Waals surface area (Å²) in [6, 6.07) is 15.7. The molecule has 136 valence electrons. The number of aryl methyl sites for hydroxylation is 1. The van der Waals surface area contributed by atoms with Gasteiger partial charge < -0.3 is 4.98 Å². The molecule has 0 amide bonds. The van der Waals surface area contributed by atoms with E-state index >= 15 is 0 Å². The monoisotopic (exact) mass is 367 g/mol. The number of ketones is 1. The highest BCUT2D eigenvalue weighted by Gasteiger charge is 2.15. The molecular formula is C22H17N5O. The van der Waals surface area contributed by atoms with Crippen molar-refractivity contribution >= 4 is 27.7 Å². The number of aromatic amines is 2. The van der Waals surface area contributed by atoms with Crippen LogP contribution in [0, 0.1) is 6.92 Å². The van der Waals surface area contributed by atoms with E-state index < -0.39 is 0 Å². The number of Topliss-reactive ketones (excluding diaryl/α,β-unsaturated/α-hetero) is 1. The Morgan fingerprint density at radius 2 is 1.89 bits per heavy atom. The molecule has 0 aliphatic rings. The number of rotatable bonds is 4. The van der Waals surface area contributed by atoms with Gasteiger partial charge in [0.15, 0.2) is 5.82 Å². The largest absolute Gasteiger partial charge is 0.335 e. The van der Waals surface area contributed by atoms with Crippen molar-refractivity contribution in [1.29, 1.82) is 0 Å². The van der Waals surface area contributed by atoms with Crippen LogP contribution in [0.3, 0.4) is 0 Å². The summed E-state index contributed by atoms with van der Waals surface area (Å²) < 4.78 is 0. The number of benzene rings is 2. The van der Waals surface area contributed by atoms with Crippen molar-refractivity contribution in [3.05, 3.63) is 77.9 Å². The fourth-order valence-corrected chi connectivity index (χ4v) is 3.47. The molecule has 0 radical (unpaired) electrons. The molecule has 0 spiro atoms. The third-order valence-electron chi connectivity index (χ3n) is 4.83. The lowest BCUT2D eigenvalue weighted by molar-refractivity contribution is 0.0984. The molecule has 0 fully saturated rings. The van der Waals surface area contributed by atoms with Crippen LogP contribution >= 0.6 is 0 Å². The number of aromatic nitrogens is 5. The van der Waals surface area contributed by atoms with Crippen LogP contribution in [0.4, 0.5) is 0 Å². The van der Waals surface area contributed by atoms with Crippen LogP contribution in [-0.2, 0) is 6.42 Å². The summed E-state index contributed by atoms with van der Waals surface area (Å²) in [6.07, 6.45) is 3.80. The number of H-pyrrole nitrogens is 2. The zero-order valence-electron chi connectivity index (χ0n) is 15.2. The maximum Gasteiger partial charge on any atom is 0.202 e. The number of hydrogen-bond acceptors (Lipinski definition) is 4. The molecule has 2 aromatic carbocycles. The minimum atomic E-state index is -0.0297. The molecule has 28 heavy (non-hydrogen) atoms. The number of pyridine rings is 1. The van der Waals surface area contributed by atoms with Crippen molar-refractivity contribution in [2.24, 2.45) is 0 Å². The first-order valence-electron chi connectivity index (χ1n) is 9.04. The van der Waals surface area contributed by atoms with Gasteiger partial charge >= 0.3 is 0 Å². The first-order valence-corrected chi connectivity index (χ1v) is 9.04. The van der Waals surface area contributed by atoms with E-state index in [0.29, 0.717) is 12.2 Å². The minimum absolute atomic E-state index is 0.0297. The van der Waals surface area contributed by atoms with Gasteiger partial charge in [-0.25, -0.2) is 4.98 Å². The van der Waals surface area contributed by atoms with Gasteiger partial charge in [-0.1, -0.05) is 29.8 Å². The Balaban J connectivity index is 1.53. The molecule has 0 aliphatic heterocycles. The van der Waals surface area contributed by atoms with E-state index in [9.17, 15) is 4.79 Å². The van der Waals surface area contributed by atoms with E-state index in [1.807, 2.05) is 55.5 Å². The highest BCUT2D eigenvalue weighted by atomic mass is 16.1. The molecule has 0 atom stereocenters. The van der Waals surface area contributed by atoms with Crippen molar-refractivity contribution in [3.8, 4) is 11.3 Å². The molecule has 6 heteroatoms. The molecule has 0 saturated heterocycles. The lowest BCUT2D eigenvalue weighted by Gasteiger charge is -2.00. The molecule has 0 saturated carbocycles. The zero-order chi connectivity index (χ0) is 19.1. The lowest BCUT2D eigenvalue weighted by atomic mass is 10.1. The van der Waals surface area contributed by atoms with Crippen molar-refractivity contribution in [3.63, 3.8) is 0 Å². The Morgan fingerprint density at radius 1 is 1.04 bits per heavy atom. The fourth-order valence-electron chi connectivity index (χ4n) is 3.47. The third kappa shape index (κ3) is 2.85. The van der Waals surface area contributed by atoms with Crippen LogP contribution in [0.15, 0.2) is 60.9 Å². The van der Waals surface area contributed by atoms with Gasteiger partial charge in [-0.05, 0) is 36.8 Å². The highest BCUT2D eigenvalue weighted by molar-refractivity contribution is 6.03. The number of carbonyl (C=O) groups is 1. The average Bonchev–Trinajstić information content (AvgIpc) is 3.30. The second-order valence-electron chi connectivity index (χ2n) is 6.90. The number of carbonyl (C=O) groups excluding carboxylic acids is 1. The predicted molar refractivity (Wildman–Crippen MR) is 108 cm³/mol. The second-order valence-corrected chi connectivity index (χ2v) is 6.90. The number of hydrogen-bond donors (Lipinski definition) is 2. The van der Waals surface area contributed by atoms with Crippen LogP contribution in [0.2, 0.25) is 0 Å². The summed E-state index contributed by atoms with van der Waals surface area (Å²) in [5.41, 5.74) is 6.39. The van der Waals surface area contributed by atoms with Gasteiger partial charge in [0.2, 0.25) is 5.78 Å². The van der Waals surface area contributed by atoms with Gasteiger partial charge in [0.25, 0.3) is 0 Å². The standard InChI is InChI=1S/C22H17N5O/c1-13-3-2-4-14(9-13)10-20(28)22-24-18-11-16-17(12-19(18)25-22)26-27-21(16)15-5-7-23-8-6-15/h2-9,11-12H,10H2,1H3,(H,24,25)(H,26,27). The molecule has 3 aromatic heterocycles.